The molecular formula is C8H12N4O3S2. The molecule has 0 atom stereocenters. The molecule has 0 aromatic carbocycles. The highest BCUT2D eigenvalue weighted by Gasteiger charge is 2.19. The molecule has 7 nitrogen and oxygen atoms in total. The molecular weight excluding hydrogens is 264 g/mol. The number of carbonyl (C=O) groups excluding carboxylic acids is 1. The first-order valence-corrected chi connectivity index (χ1v) is 7.03. The third kappa shape index (κ3) is 3.88. The Bertz CT molecular complexity index is 509. The number of amides is 1. The van der Waals surface area contributed by atoms with Gasteiger partial charge in [0.05, 0.1) is 0 Å². The van der Waals surface area contributed by atoms with E-state index in [0.717, 1.165) is 11.3 Å². The van der Waals surface area contributed by atoms with Gasteiger partial charge in [0.25, 0.3) is 10.0 Å². The first-order chi connectivity index (χ1) is 7.99. The lowest BCUT2D eigenvalue weighted by Gasteiger charge is -1.98. The molecule has 0 aliphatic rings. The van der Waals surface area contributed by atoms with E-state index in [1.807, 2.05) is 0 Å². The minimum Gasteiger partial charge on any atom is -0.301 e. The van der Waals surface area contributed by atoms with Gasteiger partial charge in [0.2, 0.25) is 15.4 Å². The second-order valence-corrected chi connectivity index (χ2v) is 5.83. The van der Waals surface area contributed by atoms with E-state index >= 15 is 0 Å². The van der Waals surface area contributed by atoms with E-state index in [0.29, 0.717) is 0 Å². The molecule has 0 saturated carbocycles. The fourth-order valence-electron chi connectivity index (χ4n) is 0.807. The molecule has 0 spiro atoms. The van der Waals surface area contributed by atoms with Crippen molar-refractivity contribution in [2.24, 2.45) is 0 Å². The monoisotopic (exact) mass is 276 g/mol. The predicted molar refractivity (Wildman–Crippen MR) is 64.2 cm³/mol. The van der Waals surface area contributed by atoms with Gasteiger partial charge >= 0.3 is 0 Å². The molecule has 17 heavy (non-hydrogen) atoms. The van der Waals surface area contributed by atoms with Crippen molar-refractivity contribution in [1.29, 1.82) is 0 Å². The Kier molecular flexibility index (Phi) is 4.73. The summed E-state index contributed by atoms with van der Waals surface area (Å²) in [6.45, 7) is 5.19. The van der Waals surface area contributed by atoms with E-state index < -0.39 is 10.0 Å². The van der Waals surface area contributed by atoms with E-state index in [2.05, 4.69) is 26.8 Å². The van der Waals surface area contributed by atoms with Gasteiger partial charge in [-0.2, -0.15) is 0 Å². The van der Waals surface area contributed by atoms with Crippen molar-refractivity contribution in [1.82, 2.24) is 14.9 Å². The van der Waals surface area contributed by atoms with Crippen LogP contribution in [0.5, 0.6) is 0 Å². The summed E-state index contributed by atoms with van der Waals surface area (Å²) in [5, 5.41) is 9.66. The lowest BCUT2D eigenvalue weighted by molar-refractivity contribution is -0.115. The van der Waals surface area contributed by atoms with Crippen LogP contribution in [-0.2, 0) is 14.8 Å². The number of nitrogens with zero attached hydrogens (tertiary/aromatic N) is 2. The third-order valence-electron chi connectivity index (χ3n) is 1.62. The summed E-state index contributed by atoms with van der Waals surface area (Å²) < 4.78 is 25.3. The molecule has 0 aliphatic carbocycles. The molecule has 1 heterocycles. The van der Waals surface area contributed by atoms with Gasteiger partial charge in [-0.15, -0.1) is 16.8 Å². The first-order valence-electron chi connectivity index (χ1n) is 4.73. The van der Waals surface area contributed by atoms with E-state index in [1.165, 1.54) is 6.08 Å². The standard InChI is InChI=1S/C8H12N4O3S2/c1-3-5-9-17(14,15)8-12-11-7(16-8)10-6(13)4-2/h3,9H,1,4-5H2,2H3,(H,10,11,13). The van der Waals surface area contributed by atoms with Gasteiger partial charge in [-0.05, 0) is 0 Å². The topological polar surface area (TPSA) is 101 Å². The van der Waals surface area contributed by atoms with Crippen LogP contribution in [0.25, 0.3) is 0 Å². The van der Waals surface area contributed by atoms with E-state index in [1.54, 1.807) is 6.92 Å². The molecule has 0 unspecified atom stereocenters. The number of hydrogen-bond donors (Lipinski definition) is 2. The van der Waals surface area contributed by atoms with Gasteiger partial charge in [-0.25, -0.2) is 13.1 Å². The molecule has 2 N–H and O–H groups in total. The molecule has 1 amide bonds. The molecule has 0 fully saturated rings. The Labute approximate surface area is 103 Å². The summed E-state index contributed by atoms with van der Waals surface area (Å²) in [4.78, 5) is 11.1. The van der Waals surface area contributed by atoms with Crippen molar-refractivity contribution < 1.29 is 13.2 Å². The number of nitrogens with one attached hydrogen (secondary N) is 2. The second kappa shape index (κ2) is 5.84. The fraction of sp³-hybridized carbons (Fsp3) is 0.375. The van der Waals surface area contributed by atoms with Crippen LogP contribution in [0.1, 0.15) is 13.3 Å². The maximum atomic E-state index is 11.6. The van der Waals surface area contributed by atoms with Gasteiger partial charge in [0, 0.05) is 13.0 Å². The van der Waals surface area contributed by atoms with Crippen LogP contribution in [0.15, 0.2) is 17.0 Å². The van der Waals surface area contributed by atoms with Crippen molar-refractivity contribution in [3.63, 3.8) is 0 Å². The van der Waals surface area contributed by atoms with Gasteiger partial charge < -0.3 is 5.32 Å². The minimum absolute atomic E-state index is 0.110. The SMILES string of the molecule is C=CCNS(=O)(=O)c1nnc(NC(=O)CC)s1. The molecule has 9 heteroatoms. The van der Waals surface area contributed by atoms with Crippen LogP contribution in [-0.4, -0.2) is 31.1 Å². The smallest absolute Gasteiger partial charge is 0.270 e. The van der Waals surface area contributed by atoms with Crippen molar-refractivity contribution in [3.8, 4) is 0 Å². The quantitative estimate of drug-likeness (QED) is 0.576. The van der Waals surface area contributed by atoms with E-state index in [4.69, 9.17) is 0 Å². The highest BCUT2D eigenvalue weighted by molar-refractivity contribution is 7.91. The second-order valence-electron chi connectivity index (χ2n) is 2.92. The van der Waals surface area contributed by atoms with Crippen LogP contribution < -0.4 is 10.0 Å². The highest BCUT2D eigenvalue weighted by atomic mass is 32.2. The number of carbonyl (C=O) groups is 1. The summed E-state index contributed by atoms with van der Waals surface area (Å²) in [6, 6.07) is 0. The first kappa shape index (κ1) is 13.7. The summed E-state index contributed by atoms with van der Waals surface area (Å²) >= 11 is 0.795. The number of hydrogen-bond acceptors (Lipinski definition) is 6. The van der Waals surface area contributed by atoms with Crippen molar-refractivity contribution in [2.75, 3.05) is 11.9 Å². The zero-order chi connectivity index (χ0) is 12.9. The number of rotatable bonds is 6. The third-order valence-corrected chi connectivity index (χ3v) is 4.25. The van der Waals surface area contributed by atoms with Gasteiger partial charge in [0.1, 0.15) is 0 Å². The van der Waals surface area contributed by atoms with Crippen LogP contribution in [0, 0.1) is 0 Å². The van der Waals surface area contributed by atoms with E-state index in [-0.39, 0.29) is 28.3 Å². The summed E-state index contributed by atoms with van der Waals surface area (Å²) in [7, 11) is -3.67. The molecule has 0 saturated heterocycles. The maximum Gasteiger partial charge on any atom is 0.270 e. The van der Waals surface area contributed by atoms with Gasteiger partial charge in [-0.1, -0.05) is 24.3 Å². The van der Waals surface area contributed by atoms with Gasteiger partial charge in [-0.3, -0.25) is 4.79 Å². The van der Waals surface area contributed by atoms with Crippen molar-refractivity contribution in [3.05, 3.63) is 12.7 Å². The fourth-order valence-corrected chi connectivity index (χ4v) is 2.76. The number of aromatic nitrogens is 2. The Morgan fingerprint density at radius 2 is 2.24 bits per heavy atom. The normalized spacial score (nSPS) is 11.1. The van der Waals surface area contributed by atoms with Crippen LogP contribution >= 0.6 is 11.3 Å². The van der Waals surface area contributed by atoms with Crippen LogP contribution in [0.2, 0.25) is 0 Å². The Balaban J connectivity index is 2.80. The van der Waals surface area contributed by atoms with Crippen molar-refractivity contribution in [2.45, 2.75) is 17.7 Å². The highest BCUT2D eigenvalue weighted by Crippen LogP contribution is 2.19. The molecule has 94 valence electrons. The minimum atomic E-state index is -3.67. The molecule has 1 aromatic rings. The molecule has 0 aliphatic heterocycles. The zero-order valence-electron chi connectivity index (χ0n) is 9.13. The molecule has 0 radical (unpaired) electrons. The largest absolute Gasteiger partial charge is 0.301 e. The van der Waals surface area contributed by atoms with E-state index in [9.17, 15) is 13.2 Å². The lowest BCUT2D eigenvalue weighted by atomic mass is 10.5. The summed E-state index contributed by atoms with van der Waals surface area (Å²) in [5.74, 6) is -0.246. The zero-order valence-corrected chi connectivity index (χ0v) is 10.8. The summed E-state index contributed by atoms with van der Waals surface area (Å²) in [6.07, 6.45) is 1.70. The average Bonchev–Trinajstić information content (AvgIpc) is 2.75. The van der Waals surface area contributed by atoms with Crippen LogP contribution in [0.3, 0.4) is 0 Å². The Hall–Kier alpha value is -1.32. The average molecular weight is 276 g/mol. The lowest BCUT2D eigenvalue weighted by Crippen LogP contribution is -2.23. The van der Waals surface area contributed by atoms with Crippen molar-refractivity contribution >= 4 is 32.4 Å². The number of anilines is 1. The molecule has 1 rings (SSSR count). The maximum absolute atomic E-state index is 11.6. The predicted octanol–water partition coefficient (Wildman–Crippen LogP) is 0.351. The van der Waals surface area contributed by atoms with Crippen LogP contribution in [0.4, 0.5) is 5.13 Å². The van der Waals surface area contributed by atoms with Gasteiger partial charge in [0.15, 0.2) is 0 Å². The number of sulfonamides is 1. The Morgan fingerprint density at radius 1 is 1.53 bits per heavy atom. The summed E-state index contributed by atoms with van der Waals surface area (Å²) in [5.41, 5.74) is 0. The molecule has 0 bridgehead atoms. The Morgan fingerprint density at radius 3 is 2.82 bits per heavy atom. The molecule has 1 aromatic heterocycles.